The molecular formula is C18H27N3. The number of rotatable bonds is 8. The van der Waals surface area contributed by atoms with Crippen LogP contribution in [0.1, 0.15) is 44.0 Å². The summed E-state index contributed by atoms with van der Waals surface area (Å²) in [6.45, 7) is 5.63. The molecule has 2 atom stereocenters. The molecule has 0 saturated heterocycles. The summed E-state index contributed by atoms with van der Waals surface area (Å²) in [5.74, 6) is 0.592. The molecule has 1 aromatic carbocycles. The first-order chi connectivity index (χ1) is 10.2. The standard InChI is InChI=1S/C18H27N3/c1-4-13-19-18(16-8-6-5-7-9-16)15(2)10-11-17-12-14-20-21(17)3/h5-9,12,14-15,18-19H,4,10-11,13H2,1-3H3. The van der Waals surface area contributed by atoms with Crippen LogP contribution in [-0.4, -0.2) is 16.3 Å². The van der Waals surface area contributed by atoms with E-state index in [4.69, 9.17) is 0 Å². The molecule has 2 rings (SSSR count). The minimum atomic E-state index is 0.430. The molecule has 1 heterocycles. The van der Waals surface area contributed by atoms with Gasteiger partial charge in [0.15, 0.2) is 0 Å². The van der Waals surface area contributed by atoms with Crippen LogP contribution in [0.5, 0.6) is 0 Å². The van der Waals surface area contributed by atoms with Gasteiger partial charge in [0.1, 0.15) is 0 Å². The molecule has 0 spiro atoms. The van der Waals surface area contributed by atoms with E-state index in [2.05, 4.69) is 60.7 Å². The zero-order valence-corrected chi connectivity index (χ0v) is 13.4. The molecule has 0 amide bonds. The number of aromatic nitrogens is 2. The van der Waals surface area contributed by atoms with Crippen LogP contribution in [0.2, 0.25) is 0 Å². The van der Waals surface area contributed by atoms with Crippen LogP contribution >= 0.6 is 0 Å². The van der Waals surface area contributed by atoms with Gasteiger partial charge in [-0.25, -0.2) is 0 Å². The van der Waals surface area contributed by atoms with Crippen LogP contribution in [0.15, 0.2) is 42.6 Å². The van der Waals surface area contributed by atoms with Crippen molar-refractivity contribution in [2.45, 2.75) is 39.2 Å². The molecule has 0 saturated carbocycles. The molecule has 0 bridgehead atoms. The Morgan fingerprint density at radius 1 is 1.19 bits per heavy atom. The summed E-state index contributed by atoms with van der Waals surface area (Å²) in [4.78, 5) is 0. The number of hydrogen-bond acceptors (Lipinski definition) is 2. The maximum absolute atomic E-state index is 4.25. The highest BCUT2D eigenvalue weighted by Crippen LogP contribution is 2.25. The molecule has 0 aliphatic rings. The second kappa shape index (κ2) is 7.99. The molecule has 0 radical (unpaired) electrons. The number of hydrogen-bond donors (Lipinski definition) is 1. The average Bonchev–Trinajstić information content (AvgIpc) is 2.92. The van der Waals surface area contributed by atoms with E-state index in [0.717, 1.165) is 25.8 Å². The average molecular weight is 285 g/mol. The fourth-order valence-corrected chi connectivity index (χ4v) is 2.80. The van der Waals surface area contributed by atoms with Gasteiger partial charge in [-0.1, -0.05) is 44.2 Å². The Morgan fingerprint density at radius 3 is 2.57 bits per heavy atom. The van der Waals surface area contributed by atoms with Crippen LogP contribution in [0.4, 0.5) is 0 Å². The van der Waals surface area contributed by atoms with Gasteiger partial charge in [0.25, 0.3) is 0 Å². The van der Waals surface area contributed by atoms with Gasteiger partial charge in [-0.15, -0.1) is 0 Å². The molecule has 0 aliphatic carbocycles. The lowest BCUT2D eigenvalue weighted by Crippen LogP contribution is -2.28. The molecule has 1 aromatic heterocycles. The van der Waals surface area contributed by atoms with E-state index in [1.807, 2.05) is 17.9 Å². The van der Waals surface area contributed by atoms with E-state index in [1.54, 1.807) is 0 Å². The molecule has 114 valence electrons. The zero-order chi connectivity index (χ0) is 15.1. The summed E-state index contributed by atoms with van der Waals surface area (Å²) in [5.41, 5.74) is 2.70. The van der Waals surface area contributed by atoms with Crippen LogP contribution < -0.4 is 5.32 Å². The van der Waals surface area contributed by atoms with Crippen LogP contribution in [0, 0.1) is 5.92 Å². The third kappa shape index (κ3) is 4.43. The van der Waals surface area contributed by atoms with Crippen molar-refractivity contribution in [1.29, 1.82) is 0 Å². The van der Waals surface area contributed by atoms with E-state index >= 15 is 0 Å². The van der Waals surface area contributed by atoms with E-state index in [0.29, 0.717) is 12.0 Å². The topological polar surface area (TPSA) is 29.9 Å². The molecule has 3 nitrogen and oxygen atoms in total. The maximum Gasteiger partial charge on any atom is 0.0492 e. The summed E-state index contributed by atoms with van der Waals surface area (Å²) in [6.07, 6.45) is 5.28. The van der Waals surface area contributed by atoms with Crippen LogP contribution in [0.25, 0.3) is 0 Å². The minimum Gasteiger partial charge on any atom is -0.310 e. The summed E-state index contributed by atoms with van der Waals surface area (Å²) >= 11 is 0. The van der Waals surface area contributed by atoms with E-state index in [-0.39, 0.29) is 0 Å². The number of benzene rings is 1. The number of nitrogens with zero attached hydrogens (tertiary/aromatic N) is 2. The van der Waals surface area contributed by atoms with Crippen molar-refractivity contribution in [3.8, 4) is 0 Å². The third-order valence-corrected chi connectivity index (χ3v) is 4.12. The first-order valence-electron chi connectivity index (χ1n) is 7.97. The van der Waals surface area contributed by atoms with Gasteiger partial charge in [-0.3, -0.25) is 4.68 Å². The van der Waals surface area contributed by atoms with Crippen molar-refractivity contribution >= 4 is 0 Å². The minimum absolute atomic E-state index is 0.430. The Morgan fingerprint density at radius 2 is 1.95 bits per heavy atom. The lowest BCUT2D eigenvalue weighted by Gasteiger charge is -2.26. The first kappa shape index (κ1) is 15.8. The fraction of sp³-hybridized carbons (Fsp3) is 0.500. The Kier molecular flexibility index (Phi) is 6.00. The highest BCUT2D eigenvalue weighted by Gasteiger charge is 2.18. The van der Waals surface area contributed by atoms with Crippen molar-refractivity contribution in [2.24, 2.45) is 13.0 Å². The normalized spacial score (nSPS) is 14.0. The predicted octanol–water partition coefficient (Wildman–Crippen LogP) is 3.73. The van der Waals surface area contributed by atoms with Crippen LogP contribution in [-0.2, 0) is 13.5 Å². The van der Waals surface area contributed by atoms with Crippen molar-refractivity contribution < 1.29 is 0 Å². The second-order valence-corrected chi connectivity index (χ2v) is 5.80. The second-order valence-electron chi connectivity index (χ2n) is 5.80. The smallest absolute Gasteiger partial charge is 0.0492 e. The third-order valence-electron chi connectivity index (χ3n) is 4.12. The zero-order valence-electron chi connectivity index (χ0n) is 13.4. The maximum atomic E-state index is 4.25. The highest BCUT2D eigenvalue weighted by atomic mass is 15.2. The molecule has 2 unspecified atom stereocenters. The Bertz CT molecular complexity index is 518. The summed E-state index contributed by atoms with van der Waals surface area (Å²) in [5, 5.41) is 7.96. The molecule has 0 aliphatic heterocycles. The molecule has 0 fully saturated rings. The SMILES string of the molecule is CCCNC(c1ccccc1)C(C)CCc1ccnn1C. The molecule has 1 N–H and O–H groups in total. The van der Waals surface area contributed by atoms with Gasteiger partial charge >= 0.3 is 0 Å². The molecule has 3 heteroatoms. The fourth-order valence-electron chi connectivity index (χ4n) is 2.80. The Labute approximate surface area is 128 Å². The van der Waals surface area contributed by atoms with Crippen LogP contribution in [0.3, 0.4) is 0 Å². The molecule has 2 aromatic rings. The van der Waals surface area contributed by atoms with Gasteiger partial charge in [0.05, 0.1) is 0 Å². The summed E-state index contributed by atoms with van der Waals surface area (Å²) < 4.78 is 1.98. The van der Waals surface area contributed by atoms with Gasteiger partial charge in [-0.05, 0) is 43.4 Å². The number of aryl methyl sites for hydroxylation is 2. The highest BCUT2D eigenvalue weighted by molar-refractivity contribution is 5.19. The van der Waals surface area contributed by atoms with Crippen molar-refractivity contribution in [2.75, 3.05) is 6.54 Å². The van der Waals surface area contributed by atoms with Gasteiger partial charge in [-0.2, -0.15) is 5.10 Å². The molecule has 21 heavy (non-hydrogen) atoms. The molecular weight excluding hydrogens is 258 g/mol. The van der Waals surface area contributed by atoms with E-state index in [9.17, 15) is 0 Å². The van der Waals surface area contributed by atoms with Gasteiger partial charge in [0.2, 0.25) is 0 Å². The number of nitrogens with one attached hydrogen (secondary N) is 1. The van der Waals surface area contributed by atoms with Crippen molar-refractivity contribution in [1.82, 2.24) is 15.1 Å². The quantitative estimate of drug-likeness (QED) is 0.801. The summed E-state index contributed by atoms with van der Waals surface area (Å²) in [6, 6.07) is 13.3. The monoisotopic (exact) mass is 285 g/mol. The summed E-state index contributed by atoms with van der Waals surface area (Å²) in [7, 11) is 2.02. The largest absolute Gasteiger partial charge is 0.310 e. The van der Waals surface area contributed by atoms with Crippen molar-refractivity contribution in [3.05, 3.63) is 53.9 Å². The van der Waals surface area contributed by atoms with Crippen molar-refractivity contribution in [3.63, 3.8) is 0 Å². The first-order valence-corrected chi connectivity index (χ1v) is 7.97. The Hall–Kier alpha value is -1.61. The van der Waals surface area contributed by atoms with E-state index < -0.39 is 0 Å². The lowest BCUT2D eigenvalue weighted by atomic mass is 9.90. The predicted molar refractivity (Wildman–Crippen MR) is 88.2 cm³/mol. The van der Waals surface area contributed by atoms with Gasteiger partial charge in [0, 0.05) is 25.0 Å². The lowest BCUT2D eigenvalue weighted by molar-refractivity contribution is 0.363. The Balaban J connectivity index is 2.00. The van der Waals surface area contributed by atoms with Gasteiger partial charge < -0.3 is 5.32 Å². The van der Waals surface area contributed by atoms with E-state index in [1.165, 1.54) is 11.3 Å².